The summed E-state index contributed by atoms with van der Waals surface area (Å²) in [6.07, 6.45) is 5.96. The maximum absolute atomic E-state index is 13.0. The maximum Gasteiger partial charge on any atom is 0.200 e. The van der Waals surface area contributed by atoms with Gasteiger partial charge in [0.15, 0.2) is 0 Å². The number of benzene rings is 1. The Hall–Kier alpha value is -1.33. The number of hydrogen-bond acceptors (Lipinski definition) is 4. The third kappa shape index (κ3) is 4.58. The monoisotopic (exact) mass is 334 g/mol. The van der Waals surface area contributed by atoms with Gasteiger partial charge in [0.25, 0.3) is 0 Å². The smallest absolute Gasteiger partial charge is 0.200 e. The summed E-state index contributed by atoms with van der Waals surface area (Å²) in [5, 5.41) is 0. The number of Topliss-reactive ketones (excluding diaryl/α,β-unsaturated/α-hetero) is 1. The van der Waals surface area contributed by atoms with Crippen molar-refractivity contribution in [2.24, 2.45) is 0 Å². The van der Waals surface area contributed by atoms with Gasteiger partial charge in [-0.2, -0.15) is 0 Å². The summed E-state index contributed by atoms with van der Waals surface area (Å²) in [6.45, 7) is 5.43. The largest absolute Gasteiger partial charge is 0.374 e. The van der Waals surface area contributed by atoms with Crippen LogP contribution in [0, 0.1) is 5.82 Å². The van der Waals surface area contributed by atoms with Crippen LogP contribution in [-0.4, -0.2) is 54.1 Å². The Morgan fingerprint density at radius 2 is 1.78 bits per heavy atom. The molecule has 0 bridgehead atoms. The number of likely N-dealkylation sites (tertiary alicyclic amines) is 1. The van der Waals surface area contributed by atoms with Gasteiger partial charge in [0.1, 0.15) is 5.82 Å². The van der Waals surface area contributed by atoms with Crippen LogP contribution in [0.5, 0.6) is 0 Å². The van der Waals surface area contributed by atoms with Crippen molar-refractivity contribution in [2.75, 3.05) is 38.5 Å². The first-order chi connectivity index (χ1) is 11.2. The van der Waals surface area contributed by atoms with Gasteiger partial charge in [-0.25, -0.2) is 4.39 Å². The summed E-state index contributed by atoms with van der Waals surface area (Å²) in [6, 6.07) is 5.81. The van der Waals surface area contributed by atoms with Crippen molar-refractivity contribution in [3.05, 3.63) is 46.8 Å². The summed E-state index contributed by atoms with van der Waals surface area (Å²) >= 11 is 1.60. The minimum absolute atomic E-state index is 0.00216. The quantitative estimate of drug-likeness (QED) is 0.770. The Labute approximate surface area is 141 Å². The third-order valence-corrected chi connectivity index (χ3v) is 5.41. The Balaban J connectivity index is 1.59. The van der Waals surface area contributed by atoms with Gasteiger partial charge in [0.05, 0.1) is 4.91 Å². The van der Waals surface area contributed by atoms with E-state index in [0.717, 1.165) is 30.3 Å². The molecule has 1 saturated heterocycles. The Bertz CT molecular complexity index is 567. The lowest BCUT2D eigenvalue weighted by atomic mass is 10.1. The highest BCUT2D eigenvalue weighted by atomic mass is 32.2. The molecule has 0 aromatic heterocycles. The van der Waals surface area contributed by atoms with Crippen LogP contribution in [0.4, 0.5) is 4.39 Å². The first kappa shape index (κ1) is 16.5. The number of ketones is 1. The molecule has 2 heterocycles. The second-order valence-corrected chi connectivity index (χ2v) is 7.25. The van der Waals surface area contributed by atoms with Crippen molar-refractivity contribution >= 4 is 17.5 Å². The molecule has 0 saturated carbocycles. The lowest BCUT2D eigenvalue weighted by molar-refractivity contribution is 0.104. The number of halogens is 1. The maximum atomic E-state index is 13.0. The highest BCUT2D eigenvalue weighted by Crippen LogP contribution is 2.25. The van der Waals surface area contributed by atoms with Gasteiger partial charge >= 0.3 is 0 Å². The molecule has 0 amide bonds. The minimum atomic E-state index is -0.310. The van der Waals surface area contributed by atoms with E-state index in [4.69, 9.17) is 0 Å². The molecule has 3 nitrogen and oxygen atoms in total. The molecule has 0 radical (unpaired) electrons. The fourth-order valence-electron chi connectivity index (χ4n) is 3.04. The van der Waals surface area contributed by atoms with E-state index >= 15 is 0 Å². The molecule has 0 spiro atoms. The predicted octanol–water partition coefficient (Wildman–Crippen LogP) is 3.38. The zero-order valence-corrected chi connectivity index (χ0v) is 14.2. The van der Waals surface area contributed by atoms with E-state index < -0.39 is 0 Å². The topological polar surface area (TPSA) is 23.6 Å². The summed E-state index contributed by atoms with van der Waals surface area (Å²) in [7, 11) is 0. The number of rotatable bonds is 5. The van der Waals surface area contributed by atoms with E-state index in [2.05, 4.69) is 9.80 Å². The van der Waals surface area contributed by atoms with Gasteiger partial charge in [0.2, 0.25) is 5.78 Å². The molecule has 124 valence electrons. The molecule has 1 fully saturated rings. The number of piperidine rings is 1. The number of carbonyl (C=O) groups is 1. The van der Waals surface area contributed by atoms with Gasteiger partial charge in [-0.1, -0.05) is 6.42 Å². The van der Waals surface area contributed by atoms with E-state index in [1.807, 2.05) is 6.20 Å². The Kier molecular flexibility index (Phi) is 5.73. The zero-order chi connectivity index (χ0) is 16.1. The highest BCUT2D eigenvalue weighted by Gasteiger charge is 2.19. The molecule has 1 aromatic rings. The summed E-state index contributed by atoms with van der Waals surface area (Å²) in [4.78, 5) is 18.0. The molecular weight excluding hydrogens is 311 g/mol. The van der Waals surface area contributed by atoms with E-state index in [9.17, 15) is 9.18 Å². The van der Waals surface area contributed by atoms with Gasteiger partial charge in [0, 0.05) is 37.2 Å². The lowest BCUT2D eigenvalue weighted by Crippen LogP contribution is -2.37. The molecule has 5 heteroatoms. The standard InChI is InChI=1S/C18H23FN2OS/c19-16-6-4-15(5-7-16)18(22)17-14-21(12-13-23-17)11-10-20-8-2-1-3-9-20/h4-7,14H,1-3,8-13H2. The number of nitrogens with zero attached hydrogens (tertiary/aromatic N) is 2. The predicted molar refractivity (Wildman–Crippen MR) is 93.1 cm³/mol. The molecule has 23 heavy (non-hydrogen) atoms. The van der Waals surface area contributed by atoms with E-state index in [1.54, 1.807) is 23.9 Å². The molecule has 2 aliphatic rings. The van der Waals surface area contributed by atoms with Gasteiger partial charge in [-0.3, -0.25) is 4.79 Å². The van der Waals surface area contributed by atoms with Crippen LogP contribution >= 0.6 is 11.8 Å². The van der Waals surface area contributed by atoms with Crippen molar-refractivity contribution in [3.63, 3.8) is 0 Å². The van der Waals surface area contributed by atoms with Gasteiger partial charge in [-0.05, 0) is 50.2 Å². The van der Waals surface area contributed by atoms with Crippen LogP contribution in [0.15, 0.2) is 35.4 Å². The summed E-state index contributed by atoms with van der Waals surface area (Å²) in [5.74, 6) is 0.617. The van der Waals surface area contributed by atoms with Gasteiger partial charge in [-0.15, -0.1) is 11.8 Å². The van der Waals surface area contributed by atoms with Crippen molar-refractivity contribution in [2.45, 2.75) is 19.3 Å². The molecule has 0 unspecified atom stereocenters. The number of thioether (sulfide) groups is 1. The zero-order valence-electron chi connectivity index (χ0n) is 13.3. The highest BCUT2D eigenvalue weighted by molar-refractivity contribution is 8.04. The van der Waals surface area contributed by atoms with Crippen LogP contribution in [0.25, 0.3) is 0 Å². The van der Waals surface area contributed by atoms with Crippen LogP contribution < -0.4 is 0 Å². The first-order valence-corrected chi connectivity index (χ1v) is 9.32. The normalized spacial score (nSPS) is 19.5. The van der Waals surface area contributed by atoms with E-state index in [-0.39, 0.29) is 11.6 Å². The molecular formula is C18H23FN2OS. The average molecular weight is 334 g/mol. The molecule has 0 atom stereocenters. The van der Waals surface area contributed by atoms with Crippen LogP contribution in [0.2, 0.25) is 0 Å². The molecule has 0 aliphatic carbocycles. The van der Waals surface area contributed by atoms with Crippen LogP contribution in [0.3, 0.4) is 0 Å². The van der Waals surface area contributed by atoms with E-state index in [1.165, 1.54) is 44.5 Å². The molecule has 1 aromatic carbocycles. The minimum Gasteiger partial charge on any atom is -0.374 e. The van der Waals surface area contributed by atoms with Crippen molar-refractivity contribution in [3.8, 4) is 0 Å². The summed E-state index contributed by atoms with van der Waals surface area (Å²) < 4.78 is 13.0. The number of carbonyl (C=O) groups excluding carboxylic acids is 1. The SMILES string of the molecule is O=C(C1=CN(CCN2CCCCC2)CCS1)c1ccc(F)cc1. The van der Waals surface area contributed by atoms with Crippen LogP contribution in [-0.2, 0) is 0 Å². The molecule has 3 rings (SSSR count). The summed E-state index contributed by atoms with van der Waals surface area (Å²) in [5.41, 5.74) is 0.558. The number of allylic oxidation sites excluding steroid dienone is 1. The number of hydrogen-bond donors (Lipinski definition) is 0. The Morgan fingerprint density at radius 1 is 1.04 bits per heavy atom. The molecule has 0 N–H and O–H groups in total. The Morgan fingerprint density at radius 3 is 2.52 bits per heavy atom. The lowest BCUT2D eigenvalue weighted by Gasteiger charge is -2.31. The van der Waals surface area contributed by atoms with Gasteiger partial charge < -0.3 is 9.80 Å². The van der Waals surface area contributed by atoms with Crippen molar-refractivity contribution in [1.82, 2.24) is 9.80 Å². The second kappa shape index (κ2) is 7.97. The fraction of sp³-hybridized carbons (Fsp3) is 0.500. The third-order valence-electron chi connectivity index (χ3n) is 4.42. The first-order valence-electron chi connectivity index (χ1n) is 8.34. The fourth-order valence-corrected chi connectivity index (χ4v) is 4.06. The van der Waals surface area contributed by atoms with Crippen molar-refractivity contribution in [1.29, 1.82) is 0 Å². The van der Waals surface area contributed by atoms with Crippen molar-refractivity contribution < 1.29 is 9.18 Å². The van der Waals surface area contributed by atoms with E-state index in [0.29, 0.717) is 5.56 Å². The average Bonchev–Trinajstić information content (AvgIpc) is 2.61. The molecule has 2 aliphatic heterocycles. The second-order valence-electron chi connectivity index (χ2n) is 6.12. The van der Waals surface area contributed by atoms with Crippen LogP contribution in [0.1, 0.15) is 29.6 Å².